The van der Waals surface area contributed by atoms with Crippen molar-refractivity contribution in [1.82, 2.24) is 0 Å². The summed E-state index contributed by atoms with van der Waals surface area (Å²) in [6, 6.07) is 8.30. The van der Waals surface area contributed by atoms with E-state index < -0.39 is 26.7 Å². The summed E-state index contributed by atoms with van der Waals surface area (Å²) in [6.45, 7) is 4.00. The molecule has 0 fully saturated rings. The van der Waals surface area contributed by atoms with Gasteiger partial charge in [0.1, 0.15) is 10.7 Å². The van der Waals surface area contributed by atoms with Crippen LogP contribution in [0.4, 0.5) is 10.1 Å². The Morgan fingerprint density at radius 3 is 2.62 bits per heavy atom. The molecule has 26 heavy (non-hydrogen) atoms. The van der Waals surface area contributed by atoms with Crippen molar-refractivity contribution in [2.24, 2.45) is 0 Å². The standard InChI is InChI=1S/C19H18FNO4S/c1-12-6-5-7-13-10-11-15(18(17(12)13)19(22)25-2)21-26(23,24)16-9-4-3-8-14(16)20/h3-4,8-11,21H,1,5-7H2,2H3. The Balaban J connectivity index is 2.14. The van der Waals surface area contributed by atoms with Crippen molar-refractivity contribution in [3.8, 4) is 0 Å². The molecule has 7 heteroatoms. The summed E-state index contributed by atoms with van der Waals surface area (Å²) in [6.07, 6.45) is 2.38. The van der Waals surface area contributed by atoms with Gasteiger partial charge in [0.15, 0.2) is 0 Å². The number of carbonyl (C=O) groups is 1. The molecule has 1 aliphatic rings. The topological polar surface area (TPSA) is 72.5 Å². The molecule has 0 heterocycles. The molecule has 0 radical (unpaired) electrons. The van der Waals surface area contributed by atoms with Crippen LogP contribution in [0.3, 0.4) is 0 Å². The lowest BCUT2D eigenvalue weighted by Crippen LogP contribution is -2.19. The Hall–Kier alpha value is -2.67. The Morgan fingerprint density at radius 1 is 1.19 bits per heavy atom. The SMILES string of the molecule is C=C1CCCc2ccc(NS(=O)(=O)c3ccccc3F)c(C(=O)OC)c21. The molecule has 0 aromatic heterocycles. The number of fused-ring (bicyclic) bond motifs is 1. The van der Waals surface area contributed by atoms with Gasteiger partial charge in [-0.15, -0.1) is 0 Å². The molecular weight excluding hydrogens is 357 g/mol. The number of benzene rings is 2. The first-order valence-corrected chi connectivity index (χ1v) is 9.53. The summed E-state index contributed by atoms with van der Waals surface area (Å²) in [4.78, 5) is 11.9. The molecule has 0 spiro atoms. The Labute approximate surface area is 151 Å². The van der Waals surface area contributed by atoms with Crippen molar-refractivity contribution in [3.63, 3.8) is 0 Å². The Morgan fingerprint density at radius 2 is 1.92 bits per heavy atom. The molecule has 0 saturated carbocycles. The lowest BCUT2D eigenvalue weighted by atomic mass is 9.84. The van der Waals surface area contributed by atoms with Crippen LogP contribution in [0.15, 0.2) is 47.9 Å². The second-order valence-corrected chi connectivity index (χ2v) is 7.66. The molecule has 1 N–H and O–H groups in total. The van der Waals surface area contributed by atoms with Gasteiger partial charge in [-0.25, -0.2) is 17.6 Å². The van der Waals surface area contributed by atoms with E-state index in [9.17, 15) is 17.6 Å². The smallest absolute Gasteiger partial charge is 0.340 e. The second-order valence-electron chi connectivity index (χ2n) is 6.01. The molecule has 0 atom stereocenters. The fraction of sp³-hybridized carbons (Fsp3) is 0.211. The fourth-order valence-electron chi connectivity index (χ4n) is 3.14. The molecule has 136 valence electrons. The monoisotopic (exact) mass is 375 g/mol. The van der Waals surface area contributed by atoms with Crippen molar-refractivity contribution in [2.45, 2.75) is 24.2 Å². The Kier molecular flexibility index (Phi) is 4.82. The van der Waals surface area contributed by atoms with Crippen LogP contribution >= 0.6 is 0 Å². The van der Waals surface area contributed by atoms with Gasteiger partial charge in [0, 0.05) is 0 Å². The minimum Gasteiger partial charge on any atom is -0.465 e. The quantitative estimate of drug-likeness (QED) is 0.826. The molecule has 1 aliphatic carbocycles. The van der Waals surface area contributed by atoms with Crippen LogP contribution in [-0.4, -0.2) is 21.5 Å². The molecule has 0 bridgehead atoms. The first-order valence-electron chi connectivity index (χ1n) is 8.05. The number of nitrogens with one attached hydrogen (secondary N) is 1. The molecule has 2 aromatic carbocycles. The van der Waals surface area contributed by atoms with Crippen molar-refractivity contribution in [2.75, 3.05) is 11.8 Å². The van der Waals surface area contributed by atoms with Crippen molar-refractivity contribution >= 4 is 27.3 Å². The van der Waals surface area contributed by atoms with E-state index in [4.69, 9.17) is 4.74 Å². The van der Waals surface area contributed by atoms with Crippen molar-refractivity contribution in [1.29, 1.82) is 0 Å². The third-order valence-corrected chi connectivity index (χ3v) is 5.73. The maximum atomic E-state index is 13.9. The third kappa shape index (κ3) is 3.22. The second kappa shape index (κ2) is 6.92. The summed E-state index contributed by atoms with van der Waals surface area (Å²) in [5.41, 5.74) is 2.42. The number of methoxy groups -OCH3 is 1. The van der Waals surface area contributed by atoms with Gasteiger partial charge in [-0.05, 0) is 54.2 Å². The van der Waals surface area contributed by atoms with E-state index in [1.54, 1.807) is 6.07 Å². The van der Waals surface area contributed by atoms with Crippen LogP contribution in [0.2, 0.25) is 0 Å². The number of sulfonamides is 1. The van der Waals surface area contributed by atoms with Gasteiger partial charge in [-0.1, -0.05) is 24.8 Å². The minimum absolute atomic E-state index is 0.0434. The minimum atomic E-state index is -4.21. The average molecular weight is 375 g/mol. The van der Waals surface area contributed by atoms with Gasteiger partial charge in [0.25, 0.3) is 10.0 Å². The molecule has 0 saturated heterocycles. The van der Waals surface area contributed by atoms with Crippen LogP contribution < -0.4 is 4.72 Å². The van der Waals surface area contributed by atoms with Crippen LogP contribution in [0, 0.1) is 5.82 Å². The number of halogens is 1. The van der Waals surface area contributed by atoms with Crippen molar-refractivity contribution < 1.29 is 22.3 Å². The van der Waals surface area contributed by atoms with Gasteiger partial charge >= 0.3 is 5.97 Å². The van der Waals surface area contributed by atoms with Crippen molar-refractivity contribution in [3.05, 3.63) is 65.5 Å². The number of hydrogen-bond donors (Lipinski definition) is 1. The van der Waals surface area contributed by atoms with E-state index in [-0.39, 0.29) is 11.3 Å². The first kappa shape index (κ1) is 18.1. The third-order valence-electron chi connectivity index (χ3n) is 4.33. The number of anilines is 1. The molecule has 2 aromatic rings. The maximum Gasteiger partial charge on any atom is 0.340 e. The normalized spacial score (nSPS) is 13.8. The lowest BCUT2D eigenvalue weighted by molar-refractivity contribution is 0.0601. The summed E-state index contributed by atoms with van der Waals surface area (Å²) in [5.74, 6) is -1.54. The zero-order valence-corrected chi connectivity index (χ0v) is 15.0. The zero-order valence-electron chi connectivity index (χ0n) is 14.2. The maximum absolute atomic E-state index is 13.9. The number of ether oxygens (including phenoxy) is 1. The highest BCUT2D eigenvalue weighted by Crippen LogP contribution is 2.37. The Bertz CT molecular complexity index is 999. The van der Waals surface area contributed by atoms with E-state index in [0.29, 0.717) is 12.0 Å². The summed E-state index contributed by atoms with van der Waals surface area (Å²) in [7, 11) is -2.99. The van der Waals surface area contributed by atoms with Crippen LogP contribution in [0.1, 0.15) is 34.3 Å². The van der Waals surface area contributed by atoms with E-state index in [1.165, 1.54) is 25.3 Å². The van der Waals surface area contributed by atoms with E-state index in [2.05, 4.69) is 11.3 Å². The highest BCUT2D eigenvalue weighted by molar-refractivity contribution is 7.92. The molecule has 0 aliphatic heterocycles. The predicted molar refractivity (Wildman–Crippen MR) is 97.0 cm³/mol. The number of carbonyl (C=O) groups excluding carboxylic acids is 1. The lowest BCUT2D eigenvalue weighted by Gasteiger charge is -2.23. The summed E-state index contributed by atoms with van der Waals surface area (Å²) < 4.78 is 46.3. The van der Waals surface area contributed by atoms with E-state index >= 15 is 0 Å². The summed E-state index contributed by atoms with van der Waals surface area (Å²) in [5, 5.41) is 0. The fourth-order valence-corrected chi connectivity index (χ4v) is 4.29. The highest BCUT2D eigenvalue weighted by atomic mass is 32.2. The van der Waals surface area contributed by atoms with Crippen LogP contribution in [0.5, 0.6) is 0 Å². The van der Waals surface area contributed by atoms with E-state index in [1.807, 2.05) is 0 Å². The largest absolute Gasteiger partial charge is 0.465 e. The van der Waals surface area contributed by atoms with Crippen LogP contribution in [-0.2, 0) is 21.2 Å². The molecule has 0 unspecified atom stereocenters. The predicted octanol–water partition coefficient (Wildman–Crippen LogP) is 3.76. The van der Waals surface area contributed by atoms with Gasteiger partial charge in [-0.3, -0.25) is 4.72 Å². The molecule has 0 amide bonds. The molecule has 5 nitrogen and oxygen atoms in total. The van der Waals surface area contributed by atoms with Gasteiger partial charge in [-0.2, -0.15) is 0 Å². The van der Waals surface area contributed by atoms with Crippen LogP contribution in [0.25, 0.3) is 5.57 Å². The number of esters is 1. The molecule has 3 rings (SSSR count). The number of rotatable bonds is 4. The molecular formula is C19H18FNO4S. The van der Waals surface area contributed by atoms with E-state index in [0.717, 1.165) is 36.1 Å². The highest BCUT2D eigenvalue weighted by Gasteiger charge is 2.27. The number of aryl methyl sites for hydroxylation is 1. The van der Waals surface area contributed by atoms with Gasteiger partial charge in [0.05, 0.1) is 18.4 Å². The van der Waals surface area contributed by atoms with Gasteiger partial charge < -0.3 is 4.74 Å². The number of allylic oxidation sites excluding steroid dienone is 1. The summed E-state index contributed by atoms with van der Waals surface area (Å²) >= 11 is 0. The zero-order chi connectivity index (χ0) is 18.9. The number of hydrogen-bond acceptors (Lipinski definition) is 4. The average Bonchev–Trinajstić information content (AvgIpc) is 2.61. The van der Waals surface area contributed by atoms with Gasteiger partial charge in [0.2, 0.25) is 0 Å². The first-order chi connectivity index (χ1) is 12.3.